The van der Waals surface area contributed by atoms with Crippen molar-refractivity contribution in [2.45, 2.75) is 51.7 Å². The van der Waals surface area contributed by atoms with E-state index in [0.29, 0.717) is 37.3 Å². The first-order valence-corrected chi connectivity index (χ1v) is 14.9. The second-order valence-corrected chi connectivity index (χ2v) is 12.4. The molecule has 2 aromatic heterocycles. The molecule has 0 atom stereocenters. The number of amides is 1. The van der Waals surface area contributed by atoms with Gasteiger partial charge in [-0.15, -0.1) is 0 Å². The topological polar surface area (TPSA) is 104 Å². The summed E-state index contributed by atoms with van der Waals surface area (Å²) in [6, 6.07) is 12.3. The van der Waals surface area contributed by atoms with Gasteiger partial charge in [0.05, 0.1) is 24.2 Å². The van der Waals surface area contributed by atoms with Gasteiger partial charge in [-0.3, -0.25) is 0 Å². The maximum atomic E-state index is 12.6. The van der Waals surface area contributed by atoms with Crippen LogP contribution in [0.25, 0.3) is 16.5 Å². The summed E-state index contributed by atoms with van der Waals surface area (Å²) >= 11 is 0. The normalized spacial score (nSPS) is 18.6. The van der Waals surface area contributed by atoms with Crippen molar-refractivity contribution < 1.29 is 19.4 Å². The van der Waals surface area contributed by atoms with Crippen molar-refractivity contribution in [2.75, 3.05) is 55.7 Å². The second kappa shape index (κ2) is 11.8. The lowest BCUT2D eigenvalue weighted by atomic mass is 9.98. The molecule has 0 saturated carbocycles. The first-order valence-electron chi connectivity index (χ1n) is 14.9. The molecule has 2 saturated heterocycles. The Bertz CT molecular complexity index is 1460. The molecule has 1 amide bonds. The summed E-state index contributed by atoms with van der Waals surface area (Å²) in [4.78, 5) is 33.2. The molecule has 10 heteroatoms. The number of hydrogen-bond acceptors (Lipinski definition) is 9. The van der Waals surface area contributed by atoms with Gasteiger partial charge in [0.25, 0.3) is 0 Å². The Morgan fingerprint density at radius 1 is 1.02 bits per heavy atom. The smallest absolute Gasteiger partial charge is 0.410 e. The molecule has 5 heterocycles. The Kier molecular flexibility index (Phi) is 7.90. The molecule has 2 fully saturated rings. The molecule has 222 valence electrons. The molecule has 6 rings (SSSR count). The number of nitrogens with zero attached hydrogens (tertiary/aromatic N) is 6. The van der Waals surface area contributed by atoms with Gasteiger partial charge in [-0.2, -0.15) is 4.98 Å². The Labute approximate surface area is 247 Å². The number of benzene rings is 1. The fourth-order valence-electron chi connectivity index (χ4n) is 5.63. The molecule has 0 radical (unpaired) electrons. The molecule has 3 aliphatic heterocycles. The SMILES string of the molecule is CC(C)(C)OC(=O)N1CC=C(c2cnc(N3CCC(CO)CC3)nc2OC2CN(c3ccc4ccccc4n3)C2)CC1. The Balaban J connectivity index is 1.18. The number of para-hydroxylation sites is 1. The van der Waals surface area contributed by atoms with Gasteiger partial charge in [-0.05, 0) is 69.7 Å². The van der Waals surface area contributed by atoms with Crippen molar-refractivity contribution in [1.29, 1.82) is 0 Å². The number of aliphatic hydroxyl groups excluding tert-OH is 1. The maximum absolute atomic E-state index is 12.6. The van der Waals surface area contributed by atoms with E-state index in [1.807, 2.05) is 45.2 Å². The Morgan fingerprint density at radius 3 is 2.52 bits per heavy atom. The molecule has 0 spiro atoms. The quantitative estimate of drug-likeness (QED) is 0.456. The van der Waals surface area contributed by atoms with Crippen LogP contribution in [0, 0.1) is 5.92 Å². The number of aromatic nitrogens is 3. The Morgan fingerprint density at radius 2 is 1.81 bits per heavy atom. The zero-order valence-corrected chi connectivity index (χ0v) is 24.7. The highest BCUT2D eigenvalue weighted by Gasteiger charge is 2.32. The van der Waals surface area contributed by atoms with E-state index in [4.69, 9.17) is 24.4 Å². The number of ether oxygens (including phenoxy) is 2. The predicted octanol–water partition coefficient (Wildman–Crippen LogP) is 4.53. The van der Waals surface area contributed by atoms with Crippen molar-refractivity contribution in [3.05, 3.63) is 54.2 Å². The van der Waals surface area contributed by atoms with Gasteiger partial charge in [-0.25, -0.2) is 14.8 Å². The summed E-state index contributed by atoms with van der Waals surface area (Å²) < 4.78 is 12.1. The molecule has 3 aromatic rings. The van der Waals surface area contributed by atoms with E-state index >= 15 is 0 Å². The first kappa shape index (κ1) is 28.2. The molecule has 10 nitrogen and oxygen atoms in total. The third-order valence-electron chi connectivity index (χ3n) is 8.14. The summed E-state index contributed by atoms with van der Waals surface area (Å²) in [6.07, 6.45) is 6.09. The van der Waals surface area contributed by atoms with Gasteiger partial charge >= 0.3 is 6.09 Å². The maximum Gasteiger partial charge on any atom is 0.410 e. The molecule has 0 aliphatic carbocycles. The largest absolute Gasteiger partial charge is 0.470 e. The van der Waals surface area contributed by atoms with Crippen LogP contribution in [0.3, 0.4) is 0 Å². The first-order chi connectivity index (χ1) is 20.3. The minimum Gasteiger partial charge on any atom is -0.470 e. The highest BCUT2D eigenvalue weighted by Crippen LogP contribution is 2.33. The highest BCUT2D eigenvalue weighted by molar-refractivity contribution is 5.80. The van der Waals surface area contributed by atoms with Crippen LogP contribution in [-0.2, 0) is 4.74 Å². The number of hydrogen-bond donors (Lipinski definition) is 1. The summed E-state index contributed by atoms with van der Waals surface area (Å²) in [5, 5.41) is 10.7. The predicted molar refractivity (Wildman–Crippen MR) is 163 cm³/mol. The monoisotopic (exact) mass is 572 g/mol. The summed E-state index contributed by atoms with van der Waals surface area (Å²) in [5.41, 5.74) is 2.39. The van der Waals surface area contributed by atoms with Gasteiger partial charge < -0.3 is 29.3 Å². The molecule has 42 heavy (non-hydrogen) atoms. The minimum atomic E-state index is -0.531. The van der Waals surface area contributed by atoms with Gasteiger partial charge in [0.1, 0.15) is 17.5 Å². The highest BCUT2D eigenvalue weighted by atomic mass is 16.6. The number of rotatable bonds is 6. The minimum absolute atomic E-state index is 0.0256. The zero-order valence-electron chi connectivity index (χ0n) is 24.7. The van der Waals surface area contributed by atoms with E-state index in [0.717, 1.165) is 66.9 Å². The van der Waals surface area contributed by atoms with Gasteiger partial charge in [0.2, 0.25) is 11.8 Å². The molecule has 1 N–H and O–H groups in total. The van der Waals surface area contributed by atoms with E-state index in [2.05, 4.69) is 34.1 Å². The van der Waals surface area contributed by atoms with Crippen molar-refractivity contribution in [3.8, 4) is 5.88 Å². The average Bonchev–Trinajstić information content (AvgIpc) is 2.98. The second-order valence-electron chi connectivity index (χ2n) is 12.4. The third-order valence-corrected chi connectivity index (χ3v) is 8.14. The van der Waals surface area contributed by atoms with Gasteiger partial charge in [0, 0.05) is 44.4 Å². The lowest BCUT2D eigenvalue weighted by molar-refractivity contribution is 0.0270. The van der Waals surface area contributed by atoms with Crippen molar-refractivity contribution in [1.82, 2.24) is 19.9 Å². The van der Waals surface area contributed by atoms with Crippen LogP contribution in [0.2, 0.25) is 0 Å². The summed E-state index contributed by atoms with van der Waals surface area (Å²) in [5.74, 6) is 2.52. The van der Waals surface area contributed by atoms with Crippen LogP contribution >= 0.6 is 0 Å². The number of carbonyl (C=O) groups excluding carboxylic acids is 1. The number of carbonyl (C=O) groups is 1. The van der Waals surface area contributed by atoms with Crippen LogP contribution in [0.4, 0.5) is 16.6 Å². The standard InChI is InChI=1S/C32H40N6O4/c1-32(2,3)42-31(40)37-16-12-23(13-17-37)26-18-33-30(36-14-10-22(21-39)11-15-36)35-29(26)41-25-19-38(20-25)28-9-8-24-6-4-5-7-27(24)34-28/h4-9,12,18,22,25,39H,10-11,13-17,19-21H2,1-3H3. The molecule has 0 bridgehead atoms. The van der Waals surface area contributed by atoms with Crippen LogP contribution in [0.5, 0.6) is 5.88 Å². The van der Waals surface area contributed by atoms with Crippen LogP contribution < -0.4 is 14.5 Å². The number of anilines is 2. The van der Waals surface area contributed by atoms with Crippen LogP contribution in [0.15, 0.2) is 48.7 Å². The van der Waals surface area contributed by atoms with E-state index in [9.17, 15) is 9.90 Å². The fourth-order valence-corrected chi connectivity index (χ4v) is 5.63. The summed E-state index contributed by atoms with van der Waals surface area (Å²) in [7, 11) is 0. The van der Waals surface area contributed by atoms with E-state index in [1.54, 1.807) is 4.90 Å². The molecule has 0 unspecified atom stereocenters. The molecule has 1 aromatic carbocycles. The summed E-state index contributed by atoms with van der Waals surface area (Å²) in [6.45, 7) is 9.93. The van der Waals surface area contributed by atoms with Crippen LogP contribution in [-0.4, -0.2) is 88.6 Å². The van der Waals surface area contributed by atoms with Crippen molar-refractivity contribution in [3.63, 3.8) is 0 Å². The van der Waals surface area contributed by atoms with Crippen molar-refractivity contribution >= 4 is 34.3 Å². The third kappa shape index (κ3) is 6.28. The average molecular weight is 573 g/mol. The molecule has 3 aliphatic rings. The fraction of sp³-hybridized carbons (Fsp3) is 0.500. The zero-order chi connectivity index (χ0) is 29.3. The van der Waals surface area contributed by atoms with Crippen LogP contribution in [0.1, 0.15) is 45.6 Å². The lowest BCUT2D eigenvalue weighted by Crippen LogP contribution is -2.54. The van der Waals surface area contributed by atoms with Crippen molar-refractivity contribution in [2.24, 2.45) is 5.92 Å². The van der Waals surface area contributed by atoms with Gasteiger partial charge in [-0.1, -0.05) is 24.3 Å². The lowest BCUT2D eigenvalue weighted by Gasteiger charge is -2.40. The van der Waals surface area contributed by atoms with E-state index in [-0.39, 0.29) is 18.8 Å². The number of pyridine rings is 1. The number of piperidine rings is 1. The van der Waals surface area contributed by atoms with Gasteiger partial charge in [0.15, 0.2) is 0 Å². The molecular formula is C32H40N6O4. The molecular weight excluding hydrogens is 532 g/mol. The van der Waals surface area contributed by atoms with E-state index in [1.165, 1.54) is 0 Å². The number of fused-ring (bicyclic) bond motifs is 1. The Hall–Kier alpha value is -3.92. The van der Waals surface area contributed by atoms with E-state index < -0.39 is 5.60 Å². The number of aliphatic hydroxyl groups is 1.